The largest absolute Gasteiger partial charge is 0.507 e. The molecule has 3 heterocycles. The number of nitrogens with one attached hydrogen (secondary N) is 4. The van der Waals surface area contributed by atoms with Crippen LogP contribution in [0.3, 0.4) is 0 Å². The van der Waals surface area contributed by atoms with Gasteiger partial charge in [0.25, 0.3) is 0 Å². The second-order valence-electron chi connectivity index (χ2n) is 28.1. The van der Waals surface area contributed by atoms with Crippen molar-refractivity contribution >= 4 is 73.6 Å². The summed E-state index contributed by atoms with van der Waals surface area (Å²) in [4.78, 5) is 95.5. The van der Waals surface area contributed by atoms with E-state index >= 15 is 0 Å². The van der Waals surface area contributed by atoms with Gasteiger partial charge in [0.15, 0.2) is 11.6 Å². The molecule has 0 spiro atoms. The Hall–Kier alpha value is -6.90. The molecule has 2 aliphatic heterocycles. The van der Waals surface area contributed by atoms with Crippen LogP contribution < -0.4 is 21.3 Å². The molecule has 7 aliphatic rings. The zero-order valence-electron chi connectivity index (χ0n) is 56.0. The zero-order chi connectivity index (χ0) is 69.8. The van der Waals surface area contributed by atoms with Crippen LogP contribution in [-0.2, 0) is 33.4 Å². The van der Waals surface area contributed by atoms with E-state index in [9.17, 15) is 64.2 Å². The molecule has 0 bridgehead atoms. The van der Waals surface area contributed by atoms with Gasteiger partial charge in [0.05, 0.1) is 86.4 Å². The Kier molecular flexibility index (Phi) is 23.0. The van der Waals surface area contributed by atoms with Crippen LogP contribution in [-0.4, -0.2) is 175 Å². The number of cyclic esters (lactones) is 1. The number of Topliss-reactive ketones (excluding diaryl/α,β-unsaturated/α-hetero) is 3. The van der Waals surface area contributed by atoms with Gasteiger partial charge in [0.2, 0.25) is 11.6 Å². The Morgan fingerprint density at radius 2 is 1.43 bits per heavy atom. The number of hydrogen-bond donors (Lipinski definition) is 12. The standard InChI is InChI=1S/C30H41NO6S.C22H28N4O6.C21H26O5/c1-7-9-20-27(34)17(2)10-8-13-30(6)25(37-30)15-22(19-11-12-23-21(14-19)31-18(3)38-23)36-26(33)16-24(32)29(4,5)28(20)35;27-11-9-23-5-7-25-13-1-2-14(26-8-6-24-10-12-28)18-17(13)21(31)19-15(29)3-4-16(30)20(19)22(18)32;1-19-7-5-13(23)9-12(19)3-4-14-15-6-8-21(26,17(25)11-22)20(15,2)10-16(24)18(14)19/h7,11-12,14,17,20,22,24-25,27,32,34H,1,8-10,13,15-16H2,2-6H3;1-4,23-30H,5-12H2;5,7,9,14-15,18,22,26H,3-4,6,8,10-11H2,1-2H3/t17-,20+,22-,24-,25-,27-,30+;;14-,15-,18+,19-,20-,21-/m0.0/s1. The minimum absolute atomic E-state index is 0.00939. The molecule has 3 saturated carbocycles. The van der Waals surface area contributed by atoms with Crippen molar-refractivity contribution in [2.75, 3.05) is 69.7 Å². The first-order valence-corrected chi connectivity index (χ1v) is 34.4. The Labute approximate surface area is 564 Å². The topological polar surface area (TPSA) is 364 Å². The quantitative estimate of drug-likeness (QED) is 0.0145. The van der Waals surface area contributed by atoms with E-state index in [1.165, 1.54) is 12.1 Å². The lowest BCUT2D eigenvalue weighted by molar-refractivity contribution is -0.168. The molecule has 23 heteroatoms. The maximum Gasteiger partial charge on any atom is 0.309 e. The number of fused-ring (bicyclic) bond motifs is 9. The lowest BCUT2D eigenvalue weighted by atomic mass is 9.46. The van der Waals surface area contributed by atoms with E-state index in [0.717, 1.165) is 58.5 Å². The van der Waals surface area contributed by atoms with Gasteiger partial charge in [-0.1, -0.05) is 64.8 Å². The number of hydrogen-bond acceptors (Lipinski definition) is 23. The molecule has 13 atom stereocenters. The number of benzene rings is 3. The molecule has 0 radical (unpaired) electrons. The molecule has 22 nitrogen and oxygen atoms in total. The third-order valence-electron chi connectivity index (χ3n) is 21.6. The van der Waals surface area contributed by atoms with Crippen LogP contribution in [0, 0.1) is 52.8 Å². The summed E-state index contributed by atoms with van der Waals surface area (Å²) in [6, 6.07) is 11.7. The summed E-state index contributed by atoms with van der Waals surface area (Å²) < 4.78 is 13.2. The second kappa shape index (κ2) is 30.1. The van der Waals surface area contributed by atoms with E-state index in [0.29, 0.717) is 76.3 Å². The van der Waals surface area contributed by atoms with Crippen LogP contribution in [0.5, 0.6) is 11.5 Å². The molecule has 96 heavy (non-hydrogen) atoms. The number of ether oxygens (including phenoxy) is 2. The third kappa shape index (κ3) is 14.6. The monoisotopic (exact) mass is 1350 g/mol. The fourth-order valence-electron chi connectivity index (χ4n) is 16.0. The number of aromatic nitrogens is 1. The molecule has 2 saturated heterocycles. The van der Waals surface area contributed by atoms with Crippen molar-refractivity contribution < 1.29 is 83.9 Å². The zero-order valence-corrected chi connectivity index (χ0v) is 56.8. The molecule has 5 aliphatic carbocycles. The molecule has 5 fully saturated rings. The fourth-order valence-corrected chi connectivity index (χ4v) is 16.8. The van der Waals surface area contributed by atoms with Gasteiger partial charge >= 0.3 is 5.97 Å². The number of rotatable bonds is 17. The number of aliphatic hydroxyl groups excluding tert-OH is 5. The van der Waals surface area contributed by atoms with Crippen LogP contribution >= 0.6 is 11.3 Å². The second-order valence-corrected chi connectivity index (χ2v) is 29.4. The number of ketones is 6. The van der Waals surface area contributed by atoms with Crippen LogP contribution in [0.15, 0.2) is 78.9 Å². The number of allylic oxidation sites excluding steroid dienone is 5. The summed E-state index contributed by atoms with van der Waals surface area (Å²) in [6.45, 7) is 19.0. The number of carbonyl (C=O) groups is 7. The molecule has 0 amide bonds. The number of aliphatic hydroxyl groups is 6. The van der Waals surface area contributed by atoms with Gasteiger partial charge in [-0.05, 0) is 131 Å². The number of nitrogens with zero attached hydrogens (tertiary/aromatic N) is 1. The molecule has 12 N–H and O–H groups in total. The number of thiazole rings is 1. The van der Waals surface area contributed by atoms with E-state index in [2.05, 4.69) is 39.8 Å². The molecular formula is C73H95N5O17S. The first-order valence-electron chi connectivity index (χ1n) is 33.5. The van der Waals surface area contributed by atoms with E-state index in [1.54, 1.807) is 55.5 Å². The van der Waals surface area contributed by atoms with Crippen LogP contribution in [0.4, 0.5) is 11.4 Å². The Morgan fingerprint density at radius 1 is 0.802 bits per heavy atom. The Morgan fingerprint density at radius 3 is 2.02 bits per heavy atom. The molecule has 1 aromatic heterocycles. The van der Waals surface area contributed by atoms with Crippen molar-refractivity contribution in [1.29, 1.82) is 0 Å². The summed E-state index contributed by atoms with van der Waals surface area (Å²) in [7, 11) is 0. The van der Waals surface area contributed by atoms with Gasteiger partial charge in [0, 0.05) is 86.2 Å². The van der Waals surface area contributed by atoms with E-state index in [-0.39, 0.29) is 113 Å². The highest BCUT2D eigenvalue weighted by molar-refractivity contribution is 7.18. The lowest BCUT2D eigenvalue weighted by Crippen LogP contribution is -2.60. The van der Waals surface area contributed by atoms with Crippen LogP contribution in [0.2, 0.25) is 0 Å². The average Bonchev–Trinajstić information content (AvgIpc) is 1.36. The van der Waals surface area contributed by atoms with E-state index < -0.39 is 76.0 Å². The van der Waals surface area contributed by atoms with Crippen molar-refractivity contribution in [3.8, 4) is 11.5 Å². The summed E-state index contributed by atoms with van der Waals surface area (Å²) in [6.07, 6.45) is 9.53. The first-order chi connectivity index (χ1) is 45.5. The number of aromatic hydroxyl groups is 2. The van der Waals surface area contributed by atoms with Crippen molar-refractivity contribution in [3.63, 3.8) is 0 Å². The number of carbonyl (C=O) groups excluding carboxylic acids is 7. The Bertz CT molecular complexity index is 3620. The van der Waals surface area contributed by atoms with E-state index in [4.69, 9.17) is 19.7 Å². The number of phenolic OH excluding ortho intramolecular Hbond substituents is 2. The van der Waals surface area contributed by atoms with Crippen molar-refractivity contribution in [3.05, 3.63) is 112 Å². The maximum absolute atomic E-state index is 13.6. The van der Waals surface area contributed by atoms with Gasteiger partial charge in [-0.3, -0.25) is 33.6 Å². The average molecular weight is 1350 g/mol. The van der Waals surface area contributed by atoms with Gasteiger partial charge in [0.1, 0.15) is 41.4 Å². The lowest BCUT2D eigenvalue weighted by Gasteiger charge is -2.56. The molecular weight excluding hydrogens is 1250 g/mol. The highest BCUT2D eigenvalue weighted by Gasteiger charge is 2.68. The number of phenols is 2. The predicted molar refractivity (Wildman–Crippen MR) is 362 cm³/mol. The first kappa shape index (κ1) is 73.3. The smallest absolute Gasteiger partial charge is 0.309 e. The summed E-state index contributed by atoms with van der Waals surface area (Å²) in [5, 5.41) is 94.2. The normalized spacial score (nSPS) is 30.7. The highest BCUT2D eigenvalue weighted by atomic mass is 32.1. The number of esters is 1. The molecule has 11 rings (SSSR count). The van der Waals surface area contributed by atoms with Crippen molar-refractivity contribution in [2.24, 2.45) is 45.8 Å². The maximum atomic E-state index is 13.6. The molecule has 0 unspecified atom stereocenters. The SMILES string of the molecule is C=CC[C@H]1C(=O)C(C)(C)[C@@H](O)CC(=O)O[C@H](c2ccc3sc(C)nc3c2)C[C@@H]2O[C@]2(C)CCC[C@H](C)[C@@H]1O.C[C@]12C=CC(=O)C=C1CC[C@@H]1[C@@H]2C(=O)C[C@@]2(C)[C@H]1CC[C@]2(O)C(=O)CO.O=C1c2c(O)ccc(O)c2C(=O)c2c(NCCNCCO)ccc(NCCNCCO)c21. The van der Waals surface area contributed by atoms with Crippen LogP contribution in [0.25, 0.3) is 10.2 Å². The van der Waals surface area contributed by atoms with Gasteiger partial charge < -0.3 is 71.6 Å². The number of anilines is 2. The third-order valence-corrected chi connectivity index (χ3v) is 22.6. The predicted octanol–water partition coefficient (Wildman–Crippen LogP) is 7.08. The Balaban J connectivity index is 0.000000172. The summed E-state index contributed by atoms with van der Waals surface area (Å²) >= 11 is 1.61. The summed E-state index contributed by atoms with van der Waals surface area (Å²) in [5.41, 5.74) is -1.07. The number of epoxide rings is 1. The number of aryl methyl sites for hydroxylation is 1. The van der Waals surface area contributed by atoms with Crippen molar-refractivity contribution in [1.82, 2.24) is 15.6 Å². The molecule has 4 aromatic rings. The fraction of sp³-hybridized carbons (Fsp3) is 0.562. The van der Waals surface area contributed by atoms with Gasteiger partial charge in [-0.25, -0.2) is 4.98 Å². The van der Waals surface area contributed by atoms with Crippen LogP contribution in [0.1, 0.15) is 161 Å². The minimum Gasteiger partial charge on any atom is -0.507 e. The molecule has 3 aromatic carbocycles. The minimum atomic E-state index is -1.62. The summed E-state index contributed by atoms with van der Waals surface area (Å²) in [5.74, 6) is -4.13. The van der Waals surface area contributed by atoms with Crippen molar-refractivity contribution in [2.45, 2.75) is 155 Å². The molecule has 520 valence electrons. The van der Waals surface area contributed by atoms with Gasteiger partial charge in [-0.2, -0.15) is 0 Å². The van der Waals surface area contributed by atoms with Gasteiger partial charge in [-0.15, -0.1) is 17.9 Å². The highest BCUT2D eigenvalue weighted by Crippen LogP contribution is 2.66. The van der Waals surface area contributed by atoms with E-state index in [1.807, 2.05) is 52.0 Å².